The molecular weight excluding hydrogens is 418 g/mol. The van der Waals surface area contributed by atoms with E-state index in [-0.39, 0.29) is 0 Å². The quantitative estimate of drug-likeness (QED) is 0.403. The Kier molecular flexibility index (Phi) is 6.61. The van der Waals surface area contributed by atoms with Gasteiger partial charge in [0.25, 0.3) is 0 Å². The second-order valence-electron chi connectivity index (χ2n) is 7.43. The number of esters is 1. The van der Waals surface area contributed by atoms with Crippen molar-refractivity contribution in [3.05, 3.63) is 76.1 Å². The Morgan fingerprint density at radius 2 is 1.70 bits per heavy atom. The summed E-state index contributed by atoms with van der Waals surface area (Å²) in [6, 6.07) is 16.3. The van der Waals surface area contributed by atoms with Gasteiger partial charge >= 0.3 is 11.9 Å². The van der Waals surface area contributed by atoms with E-state index in [2.05, 4.69) is 17.2 Å². The Labute approximate surface area is 184 Å². The third-order valence-electron chi connectivity index (χ3n) is 3.87. The predicted octanol–water partition coefficient (Wildman–Crippen LogP) is 6.01. The molecular formula is C24H20ClNO3S. The van der Waals surface area contributed by atoms with Gasteiger partial charge in [0.1, 0.15) is 16.2 Å². The van der Waals surface area contributed by atoms with Gasteiger partial charge in [-0.3, -0.25) is 4.79 Å². The van der Waals surface area contributed by atoms with E-state index in [9.17, 15) is 9.59 Å². The van der Waals surface area contributed by atoms with Gasteiger partial charge in [-0.15, -0.1) is 11.3 Å². The number of benzene rings is 2. The number of anilines is 1. The molecule has 0 saturated carbocycles. The number of thiophene rings is 1. The van der Waals surface area contributed by atoms with Crippen LogP contribution in [-0.4, -0.2) is 17.5 Å². The fourth-order valence-corrected chi connectivity index (χ4v) is 3.69. The summed E-state index contributed by atoms with van der Waals surface area (Å²) in [6.07, 6.45) is 0. The van der Waals surface area contributed by atoms with Crippen LogP contribution in [0, 0.1) is 11.8 Å². The summed E-state index contributed by atoms with van der Waals surface area (Å²) in [4.78, 5) is 25.3. The van der Waals surface area contributed by atoms with E-state index in [4.69, 9.17) is 16.3 Å². The van der Waals surface area contributed by atoms with Crippen LogP contribution in [0.15, 0.2) is 60.0 Å². The Bertz CT molecular complexity index is 1120. The topological polar surface area (TPSA) is 55.4 Å². The first-order valence-electron chi connectivity index (χ1n) is 9.22. The summed E-state index contributed by atoms with van der Waals surface area (Å²) in [7, 11) is 0. The van der Waals surface area contributed by atoms with E-state index >= 15 is 0 Å². The molecule has 1 heterocycles. The summed E-state index contributed by atoms with van der Waals surface area (Å²) >= 11 is 7.23. The number of hydrogen-bond donors (Lipinski definition) is 1. The highest BCUT2D eigenvalue weighted by atomic mass is 35.5. The molecule has 1 N–H and O–H groups in total. The highest BCUT2D eigenvalue weighted by Gasteiger charge is 2.26. The number of halogens is 1. The van der Waals surface area contributed by atoms with E-state index in [0.717, 1.165) is 11.1 Å². The van der Waals surface area contributed by atoms with Gasteiger partial charge in [-0.1, -0.05) is 47.9 Å². The largest absolute Gasteiger partial charge is 0.456 e. The van der Waals surface area contributed by atoms with Crippen molar-refractivity contribution >= 4 is 39.8 Å². The van der Waals surface area contributed by atoms with Crippen molar-refractivity contribution in [1.82, 2.24) is 0 Å². The molecule has 30 heavy (non-hydrogen) atoms. The first-order valence-corrected chi connectivity index (χ1v) is 10.5. The van der Waals surface area contributed by atoms with Gasteiger partial charge in [-0.2, -0.15) is 0 Å². The molecule has 2 aromatic carbocycles. The first kappa shape index (κ1) is 21.6. The highest BCUT2D eigenvalue weighted by Crippen LogP contribution is 2.37. The van der Waals surface area contributed by atoms with E-state index in [0.29, 0.717) is 21.2 Å². The third kappa shape index (κ3) is 5.73. The summed E-state index contributed by atoms with van der Waals surface area (Å²) in [5.74, 6) is 4.34. The summed E-state index contributed by atoms with van der Waals surface area (Å²) in [6.45, 7) is 5.38. The van der Waals surface area contributed by atoms with E-state index in [1.54, 1.807) is 32.9 Å². The van der Waals surface area contributed by atoms with Crippen LogP contribution in [-0.2, 0) is 9.53 Å². The normalized spacial score (nSPS) is 10.7. The minimum Gasteiger partial charge on any atom is -0.456 e. The van der Waals surface area contributed by atoms with Crippen LogP contribution in [0.25, 0.3) is 11.1 Å². The van der Waals surface area contributed by atoms with Crippen molar-refractivity contribution in [2.24, 2.45) is 0 Å². The van der Waals surface area contributed by atoms with Crippen LogP contribution < -0.4 is 5.32 Å². The molecule has 1 amide bonds. The molecule has 0 bridgehead atoms. The molecule has 0 aliphatic heterocycles. The Morgan fingerprint density at radius 3 is 2.33 bits per heavy atom. The molecule has 0 spiro atoms. The molecule has 0 aliphatic carbocycles. The van der Waals surface area contributed by atoms with Gasteiger partial charge in [0.05, 0.1) is 0 Å². The lowest BCUT2D eigenvalue weighted by Crippen LogP contribution is -2.24. The molecule has 0 radical (unpaired) electrons. The zero-order chi connectivity index (χ0) is 21.7. The molecule has 3 rings (SSSR count). The summed E-state index contributed by atoms with van der Waals surface area (Å²) < 4.78 is 5.57. The van der Waals surface area contributed by atoms with Crippen molar-refractivity contribution in [3.63, 3.8) is 0 Å². The number of ether oxygens (including phenoxy) is 1. The molecule has 0 unspecified atom stereocenters. The standard InChI is InChI=1S/C24H20ClNO3S/c1-24(2,3)29-23(28)21-19(17-10-12-18(25)13-11-17)15-30-22(21)26-20(27)14-9-16-7-5-4-6-8-16/h4-8,10-13,15H,1-3H3,(H,26,27). The zero-order valence-corrected chi connectivity index (χ0v) is 18.4. The van der Waals surface area contributed by atoms with Gasteiger partial charge in [0.2, 0.25) is 0 Å². The van der Waals surface area contributed by atoms with Crippen LogP contribution >= 0.6 is 22.9 Å². The predicted molar refractivity (Wildman–Crippen MR) is 122 cm³/mol. The van der Waals surface area contributed by atoms with Crippen molar-refractivity contribution in [2.45, 2.75) is 26.4 Å². The van der Waals surface area contributed by atoms with Crippen LogP contribution in [0.3, 0.4) is 0 Å². The Balaban J connectivity index is 1.93. The van der Waals surface area contributed by atoms with Gasteiger partial charge in [-0.05, 0) is 50.6 Å². The van der Waals surface area contributed by atoms with E-state index in [1.165, 1.54) is 11.3 Å². The minimum atomic E-state index is -0.676. The molecule has 1 aromatic heterocycles. The fraction of sp³-hybridized carbons (Fsp3) is 0.167. The third-order valence-corrected chi connectivity index (χ3v) is 5.02. The number of nitrogens with one attached hydrogen (secondary N) is 1. The maximum absolute atomic E-state index is 12.9. The van der Waals surface area contributed by atoms with Crippen molar-refractivity contribution in [3.8, 4) is 23.0 Å². The van der Waals surface area contributed by atoms with E-state index < -0.39 is 17.5 Å². The Morgan fingerprint density at radius 1 is 1.03 bits per heavy atom. The molecule has 4 nitrogen and oxygen atoms in total. The lowest BCUT2D eigenvalue weighted by molar-refractivity contribution is -0.111. The average molecular weight is 438 g/mol. The first-order chi connectivity index (χ1) is 14.2. The molecule has 0 saturated heterocycles. The van der Waals surface area contributed by atoms with Crippen LogP contribution in [0.5, 0.6) is 0 Å². The van der Waals surface area contributed by atoms with Crippen molar-refractivity contribution in [1.29, 1.82) is 0 Å². The summed E-state index contributed by atoms with van der Waals surface area (Å²) in [5.41, 5.74) is 1.81. The molecule has 3 aromatic rings. The smallest absolute Gasteiger partial charge is 0.342 e. The minimum absolute atomic E-state index is 0.298. The van der Waals surface area contributed by atoms with Gasteiger partial charge < -0.3 is 10.1 Å². The average Bonchev–Trinajstić information content (AvgIpc) is 3.10. The van der Waals surface area contributed by atoms with Crippen molar-refractivity contribution in [2.75, 3.05) is 5.32 Å². The molecule has 0 fully saturated rings. The summed E-state index contributed by atoms with van der Waals surface area (Å²) in [5, 5.41) is 5.52. The fourth-order valence-electron chi connectivity index (χ4n) is 2.61. The second-order valence-corrected chi connectivity index (χ2v) is 8.75. The second kappa shape index (κ2) is 9.17. The number of hydrogen-bond acceptors (Lipinski definition) is 4. The van der Waals surface area contributed by atoms with Crippen LogP contribution in [0.1, 0.15) is 36.7 Å². The number of carbonyl (C=O) groups excluding carboxylic acids is 2. The Hall–Kier alpha value is -3.07. The van der Waals surface area contributed by atoms with E-state index in [1.807, 2.05) is 47.8 Å². The molecule has 0 atom stereocenters. The molecule has 152 valence electrons. The zero-order valence-electron chi connectivity index (χ0n) is 16.8. The lowest BCUT2D eigenvalue weighted by atomic mass is 10.0. The maximum Gasteiger partial charge on any atom is 0.342 e. The maximum atomic E-state index is 12.9. The molecule has 6 heteroatoms. The number of carbonyl (C=O) groups is 2. The number of rotatable bonds is 3. The SMILES string of the molecule is CC(C)(C)OC(=O)c1c(-c2ccc(Cl)cc2)csc1NC(=O)C#Cc1ccccc1. The monoisotopic (exact) mass is 437 g/mol. The van der Waals surface area contributed by atoms with Gasteiger partial charge in [0.15, 0.2) is 0 Å². The highest BCUT2D eigenvalue weighted by molar-refractivity contribution is 7.15. The number of amides is 1. The molecule has 0 aliphatic rings. The van der Waals surface area contributed by atoms with Crippen molar-refractivity contribution < 1.29 is 14.3 Å². The van der Waals surface area contributed by atoms with Crippen LogP contribution in [0.2, 0.25) is 5.02 Å². The lowest BCUT2D eigenvalue weighted by Gasteiger charge is -2.20. The van der Waals surface area contributed by atoms with Gasteiger partial charge in [0, 0.05) is 27.5 Å². The van der Waals surface area contributed by atoms with Gasteiger partial charge in [-0.25, -0.2) is 4.79 Å². The van der Waals surface area contributed by atoms with Crippen LogP contribution in [0.4, 0.5) is 5.00 Å².